The maximum absolute atomic E-state index is 6.14. The Morgan fingerprint density at radius 3 is 2.81 bits per heavy atom. The summed E-state index contributed by atoms with van der Waals surface area (Å²) in [5.41, 5.74) is 8.38. The number of hydrogen-bond donors (Lipinski definition) is 1. The van der Waals surface area contributed by atoms with E-state index in [9.17, 15) is 0 Å². The van der Waals surface area contributed by atoms with Gasteiger partial charge in [0.2, 0.25) is 0 Å². The van der Waals surface area contributed by atoms with E-state index in [-0.39, 0.29) is 18.4 Å². The molecule has 0 saturated carbocycles. The van der Waals surface area contributed by atoms with Crippen molar-refractivity contribution >= 4 is 23.3 Å². The van der Waals surface area contributed by atoms with Gasteiger partial charge in [0.1, 0.15) is 0 Å². The van der Waals surface area contributed by atoms with Crippen LogP contribution >= 0.6 is 12.4 Å². The number of pyridine rings is 1. The lowest BCUT2D eigenvalue weighted by Crippen LogP contribution is -2.10. The summed E-state index contributed by atoms with van der Waals surface area (Å²) >= 11 is 0. The van der Waals surface area contributed by atoms with Crippen LogP contribution in [0.4, 0.5) is 0 Å². The Morgan fingerprint density at radius 1 is 1.25 bits per heavy atom. The quantitative estimate of drug-likeness (QED) is 0.887. The van der Waals surface area contributed by atoms with Gasteiger partial charge in [0, 0.05) is 17.6 Å². The first-order valence-electron chi connectivity index (χ1n) is 5.42. The zero-order chi connectivity index (χ0) is 10.7. The molecule has 16 heavy (non-hydrogen) atoms. The van der Waals surface area contributed by atoms with E-state index in [1.54, 1.807) is 0 Å². The zero-order valence-corrected chi connectivity index (χ0v) is 10.2. The third kappa shape index (κ3) is 2.52. The number of halogens is 1. The summed E-state index contributed by atoms with van der Waals surface area (Å²) in [5, 5.41) is 1.18. The summed E-state index contributed by atoms with van der Waals surface area (Å²) in [6.07, 6.45) is 3.95. The maximum Gasteiger partial charge on any atom is 0.0705 e. The number of fused-ring (bicyclic) bond motifs is 1. The lowest BCUT2D eigenvalue weighted by molar-refractivity contribution is 0.642. The lowest BCUT2D eigenvalue weighted by atomic mass is 9.99. The van der Waals surface area contributed by atoms with E-state index in [2.05, 4.69) is 24.0 Å². The van der Waals surface area contributed by atoms with Crippen molar-refractivity contribution in [1.29, 1.82) is 0 Å². The average molecular weight is 237 g/mol. The van der Waals surface area contributed by atoms with Crippen LogP contribution < -0.4 is 5.73 Å². The Kier molecular flexibility index (Phi) is 4.71. The highest BCUT2D eigenvalue weighted by molar-refractivity contribution is 5.85. The minimum Gasteiger partial charge on any atom is -0.324 e. The van der Waals surface area contributed by atoms with E-state index >= 15 is 0 Å². The molecule has 0 aliphatic carbocycles. The molecule has 0 aliphatic rings. The Bertz CT molecular complexity index is 451. The van der Waals surface area contributed by atoms with E-state index in [1.807, 2.05) is 24.4 Å². The van der Waals surface area contributed by atoms with Crippen molar-refractivity contribution in [3.05, 3.63) is 42.1 Å². The van der Waals surface area contributed by atoms with Crippen molar-refractivity contribution in [2.24, 2.45) is 5.73 Å². The smallest absolute Gasteiger partial charge is 0.0705 e. The second-order valence-corrected chi connectivity index (χ2v) is 3.81. The minimum atomic E-state index is 0. The van der Waals surface area contributed by atoms with Gasteiger partial charge in [-0.25, -0.2) is 0 Å². The number of benzene rings is 1. The highest BCUT2D eigenvalue weighted by atomic mass is 35.5. The topological polar surface area (TPSA) is 38.9 Å². The first-order chi connectivity index (χ1) is 7.33. The Labute approximate surface area is 102 Å². The van der Waals surface area contributed by atoms with Gasteiger partial charge < -0.3 is 5.73 Å². The van der Waals surface area contributed by atoms with Gasteiger partial charge in [0.25, 0.3) is 0 Å². The molecule has 2 aromatic rings. The molecule has 2 rings (SSSR count). The summed E-state index contributed by atoms with van der Waals surface area (Å²) in [7, 11) is 0. The van der Waals surface area contributed by atoms with Crippen LogP contribution in [0.1, 0.15) is 31.4 Å². The van der Waals surface area contributed by atoms with Crippen LogP contribution in [0.15, 0.2) is 36.5 Å². The van der Waals surface area contributed by atoms with Crippen molar-refractivity contribution in [2.75, 3.05) is 0 Å². The molecule has 1 aromatic carbocycles. The van der Waals surface area contributed by atoms with Crippen molar-refractivity contribution in [3.8, 4) is 0 Å². The molecule has 0 amide bonds. The first kappa shape index (κ1) is 12.9. The van der Waals surface area contributed by atoms with Crippen LogP contribution in [0, 0.1) is 0 Å². The van der Waals surface area contributed by atoms with E-state index < -0.39 is 0 Å². The van der Waals surface area contributed by atoms with Gasteiger partial charge in [0.05, 0.1) is 5.52 Å². The average Bonchev–Trinajstić information content (AvgIpc) is 2.28. The summed E-state index contributed by atoms with van der Waals surface area (Å²) in [5.74, 6) is 0. The molecule has 0 spiro atoms. The van der Waals surface area contributed by atoms with E-state index in [0.29, 0.717) is 0 Å². The molecule has 3 heteroatoms. The number of nitrogens with zero attached hydrogens (tertiary/aromatic N) is 1. The van der Waals surface area contributed by atoms with E-state index in [0.717, 1.165) is 18.4 Å². The van der Waals surface area contributed by atoms with Gasteiger partial charge in [-0.15, -0.1) is 12.4 Å². The third-order valence-electron chi connectivity index (χ3n) is 2.68. The van der Waals surface area contributed by atoms with Gasteiger partial charge in [-0.05, 0) is 24.1 Å². The number of rotatable bonds is 3. The van der Waals surface area contributed by atoms with Crippen LogP contribution in [0.25, 0.3) is 10.9 Å². The molecule has 0 saturated heterocycles. The standard InChI is InChI=1S/C13H16N2.ClH/c1-2-5-12(14)10-6-3-8-13-11(10)7-4-9-15-13;/h3-4,6-9,12H,2,5,14H2,1H3;1H/t12-;/m1./s1. The fraction of sp³-hybridized carbons (Fsp3) is 0.308. The van der Waals surface area contributed by atoms with Crippen molar-refractivity contribution < 1.29 is 0 Å². The molecule has 2 N–H and O–H groups in total. The van der Waals surface area contributed by atoms with Crippen LogP contribution in [0.2, 0.25) is 0 Å². The fourth-order valence-corrected chi connectivity index (χ4v) is 1.92. The normalized spacial score (nSPS) is 12.1. The maximum atomic E-state index is 6.14. The van der Waals surface area contributed by atoms with Crippen LogP contribution in [0.5, 0.6) is 0 Å². The van der Waals surface area contributed by atoms with Crippen LogP contribution in [-0.4, -0.2) is 4.98 Å². The van der Waals surface area contributed by atoms with Crippen molar-refractivity contribution in [1.82, 2.24) is 4.98 Å². The van der Waals surface area contributed by atoms with E-state index in [1.165, 1.54) is 10.9 Å². The predicted molar refractivity (Wildman–Crippen MR) is 70.8 cm³/mol. The summed E-state index contributed by atoms with van der Waals surface area (Å²) in [6.45, 7) is 2.16. The summed E-state index contributed by atoms with van der Waals surface area (Å²) < 4.78 is 0. The molecule has 0 radical (unpaired) electrons. The Hall–Kier alpha value is -1.12. The SMILES string of the molecule is CCC[C@@H](N)c1cccc2ncccc12.Cl. The monoisotopic (exact) mass is 236 g/mol. The third-order valence-corrected chi connectivity index (χ3v) is 2.68. The van der Waals surface area contributed by atoms with Crippen LogP contribution in [-0.2, 0) is 0 Å². The first-order valence-corrected chi connectivity index (χ1v) is 5.42. The molecule has 0 unspecified atom stereocenters. The number of hydrogen-bond acceptors (Lipinski definition) is 2. The van der Waals surface area contributed by atoms with Crippen LogP contribution in [0.3, 0.4) is 0 Å². The summed E-state index contributed by atoms with van der Waals surface area (Å²) in [4.78, 5) is 4.33. The highest BCUT2D eigenvalue weighted by Gasteiger charge is 2.08. The molecule has 1 aromatic heterocycles. The zero-order valence-electron chi connectivity index (χ0n) is 9.39. The van der Waals surface area contributed by atoms with Crippen molar-refractivity contribution in [3.63, 3.8) is 0 Å². The predicted octanol–water partition coefficient (Wildman–Crippen LogP) is 3.46. The highest BCUT2D eigenvalue weighted by Crippen LogP contribution is 2.23. The van der Waals surface area contributed by atoms with Gasteiger partial charge in [-0.3, -0.25) is 4.98 Å². The van der Waals surface area contributed by atoms with Gasteiger partial charge in [0.15, 0.2) is 0 Å². The molecule has 0 fully saturated rings. The molecule has 1 heterocycles. The molecule has 0 aliphatic heterocycles. The largest absolute Gasteiger partial charge is 0.324 e. The van der Waals surface area contributed by atoms with Gasteiger partial charge in [-0.2, -0.15) is 0 Å². The second-order valence-electron chi connectivity index (χ2n) is 3.81. The molecule has 2 nitrogen and oxygen atoms in total. The fourth-order valence-electron chi connectivity index (χ4n) is 1.92. The molecular formula is C13H17ClN2. The van der Waals surface area contributed by atoms with Crippen molar-refractivity contribution in [2.45, 2.75) is 25.8 Å². The van der Waals surface area contributed by atoms with E-state index in [4.69, 9.17) is 5.73 Å². The Morgan fingerprint density at radius 2 is 2.06 bits per heavy atom. The lowest BCUT2D eigenvalue weighted by Gasteiger charge is -2.13. The molecular weight excluding hydrogens is 220 g/mol. The molecule has 86 valence electrons. The molecule has 0 bridgehead atoms. The number of nitrogens with two attached hydrogens (primary N) is 1. The number of aromatic nitrogens is 1. The Balaban J connectivity index is 0.00000128. The summed E-state index contributed by atoms with van der Waals surface area (Å²) in [6, 6.07) is 10.3. The van der Waals surface area contributed by atoms with Gasteiger partial charge >= 0.3 is 0 Å². The second kappa shape index (κ2) is 5.83. The van der Waals surface area contributed by atoms with Gasteiger partial charge in [-0.1, -0.05) is 31.5 Å². The molecule has 1 atom stereocenters. The minimum absolute atomic E-state index is 0.